The third-order valence-corrected chi connectivity index (χ3v) is 9.11. The summed E-state index contributed by atoms with van der Waals surface area (Å²) in [7, 11) is 3.09. The van der Waals surface area contributed by atoms with E-state index in [4.69, 9.17) is 10.5 Å². The minimum Gasteiger partial charge on any atom is -0.507 e. The summed E-state index contributed by atoms with van der Waals surface area (Å²) < 4.78 is 4.91. The highest BCUT2D eigenvalue weighted by Gasteiger charge is 2.69. The van der Waals surface area contributed by atoms with Gasteiger partial charge >= 0.3 is 5.97 Å². The van der Waals surface area contributed by atoms with Crippen LogP contribution in [0.3, 0.4) is 0 Å². The van der Waals surface area contributed by atoms with Crippen molar-refractivity contribution in [3.05, 3.63) is 53.1 Å². The average Bonchev–Trinajstić information content (AvgIpc) is 2.95. The number of nitrogens with zero attached hydrogens (tertiary/aromatic N) is 1. The monoisotopic (exact) mass is 605 g/mol. The predicted molar refractivity (Wildman–Crippen MR) is 155 cm³/mol. The van der Waals surface area contributed by atoms with E-state index in [2.05, 4.69) is 5.32 Å². The first kappa shape index (κ1) is 31.2. The number of esters is 1. The number of primary amides is 1. The molecule has 3 aliphatic carbocycles. The van der Waals surface area contributed by atoms with Gasteiger partial charge in [0.2, 0.25) is 5.91 Å². The molecule has 12 heteroatoms. The Labute approximate surface area is 253 Å². The van der Waals surface area contributed by atoms with Gasteiger partial charge in [0.1, 0.15) is 5.75 Å². The lowest BCUT2D eigenvalue weighted by molar-refractivity contribution is -0.181. The lowest BCUT2D eigenvalue weighted by Gasteiger charge is -2.52. The van der Waals surface area contributed by atoms with Gasteiger partial charge < -0.3 is 26.0 Å². The molecule has 3 unspecified atom stereocenters. The van der Waals surface area contributed by atoms with Gasteiger partial charge in [0.05, 0.1) is 30.7 Å². The Bertz CT molecular complexity index is 1570. The Morgan fingerprint density at radius 3 is 2.36 bits per heavy atom. The first-order valence-electron chi connectivity index (χ1n) is 14.5. The van der Waals surface area contributed by atoms with Crippen LogP contribution in [0, 0.1) is 23.7 Å². The van der Waals surface area contributed by atoms with E-state index < -0.39 is 64.4 Å². The molecule has 2 aromatic rings. The number of rotatable bonds is 8. The number of amides is 1. The molecule has 232 valence electrons. The zero-order chi connectivity index (χ0) is 32.1. The van der Waals surface area contributed by atoms with Crippen molar-refractivity contribution >= 4 is 35.0 Å². The number of Topliss-reactive ketones (excluding diaryl/α,β-unsaturated/α-hetero) is 4. The van der Waals surface area contributed by atoms with Crippen LogP contribution in [0.5, 0.6) is 5.75 Å². The third kappa shape index (κ3) is 4.92. The Balaban J connectivity index is 1.49. The molecule has 2 saturated carbocycles. The summed E-state index contributed by atoms with van der Waals surface area (Å²) in [5, 5.41) is 25.5. The number of phenolic OH excluding ortho intramolecular Hbond substituents is 1. The van der Waals surface area contributed by atoms with Crippen molar-refractivity contribution in [1.82, 2.24) is 10.2 Å². The molecule has 2 aromatic carbocycles. The molecular weight excluding hydrogens is 570 g/mol. The highest BCUT2D eigenvalue weighted by Crippen LogP contribution is 2.51. The van der Waals surface area contributed by atoms with Crippen molar-refractivity contribution < 1.29 is 43.7 Å². The Morgan fingerprint density at radius 2 is 1.75 bits per heavy atom. The predicted octanol–water partition coefficient (Wildman–Crippen LogP) is 0.187. The number of likely N-dealkylation sites (N-methyl/N-ethyl adjacent to an activating group) is 1. The SMILES string of the molecule is CCOC(=O)CNCc1ccc(-c2ccc(O)c3c2C[C@@H]2C[C@@H]4C(N(C)C)C(=O)C(C(N)=O)C(=O)[C@]4(O)C(=O)C2C3=O)cc1. The molecule has 44 heavy (non-hydrogen) atoms. The Hall–Kier alpha value is -4.26. The number of carbonyl (C=O) groups excluding carboxylic acids is 6. The summed E-state index contributed by atoms with van der Waals surface area (Å²) in [4.78, 5) is 79.8. The molecule has 1 amide bonds. The maximum Gasteiger partial charge on any atom is 0.319 e. The summed E-state index contributed by atoms with van der Waals surface area (Å²) in [6.07, 6.45) is 0.141. The molecule has 5 N–H and O–H groups in total. The van der Waals surface area contributed by atoms with Crippen molar-refractivity contribution in [1.29, 1.82) is 0 Å². The summed E-state index contributed by atoms with van der Waals surface area (Å²) in [6.45, 7) is 2.52. The molecule has 12 nitrogen and oxygen atoms in total. The minimum atomic E-state index is -2.76. The Morgan fingerprint density at radius 1 is 1.07 bits per heavy atom. The number of carbonyl (C=O) groups is 6. The number of aromatic hydroxyl groups is 1. The van der Waals surface area contributed by atoms with Gasteiger partial charge in [0.25, 0.3) is 0 Å². The van der Waals surface area contributed by atoms with Gasteiger partial charge in [-0.1, -0.05) is 30.3 Å². The fraction of sp³-hybridized carbons (Fsp3) is 0.438. The van der Waals surface area contributed by atoms with E-state index in [9.17, 15) is 39.0 Å². The highest BCUT2D eigenvalue weighted by atomic mass is 16.5. The molecular formula is C32H35N3O9. The zero-order valence-corrected chi connectivity index (χ0v) is 24.7. The van der Waals surface area contributed by atoms with Crippen molar-refractivity contribution in [2.45, 2.75) is 38.0 Å². The topological polar surface area (TPSA) is 193 Å². The van der Waals surface area contributed by atoms with Crippen molar-refractivity contribution in [3.8, 4) is 16.9 Å². The molecule has 0 aromatic heterocycles. The van der Waals surface area contributed by atoms with E-state index >= 15 is 0 Å². The number of ketones is 4. The van der Waals surface area contributed by atoms with Crippen LogP contribution in [0.4, 0.5) is 0 Å². The average molecular weight is 606 g/mol. The third-order valence-electron chi connectivity index (χ3n) is 9.11. The number of nitrogens with two attached hydrogens (primary N) is 1. The summed E-state index contributed by atoms with van der Waals surface area (Å²) in [6, 6.07) is 9.30. The van der Waals surface area contributed by atoms with Crippen LogP contribution in [0.2, 0.25) is 0 Å². The summed E-state index contributed by atoms with van der Waals surface area (Å²) in [5.74, 6) is -11.2. The van der Waals surface area contributed by atoms with Crippen molar-refractivity contribution in [2.24, 2.45) is 29.4 Å². The molecule has 5 rings (SSSR count). The van der Waals surface area contributed by atoms with Crippen LogP contribution < -0.4 is 11.1 Å². The van der Waals surface area contributed by atoms with E-state index in [1.807, 2.05) is 24.3 Å². The number of nitrogens with one attached hydrogen (secondary N) is 1. The standard InChI is InChI=1S/C32H35N3O9/c1-4-44-22(37)14-34-13-15-5-7-16(8-6-15)18-9-10-21(36)24-19(18)11-17-12-20-26(35(2)3)28(39)25(31(33)42)30(41)32(20,43)29(40)23(17)27(24)38/h5-10,17,20,23,25-26,34,36,43H,4,11-14H2,1-3H3,(H2,33,42)/t17-,20-,23?,25?,26?,32-/m1/s1. The summed E-state index contributed by atoms with van der Waals surface area (Å²) >= 11 is 0. The van der Waals surface area contributed by atoms with Gasteiger partial charge in [-0.15, -0.1) is 0 Å². The van der Waals surface area contributed by atoms with E-state index in [1.54, 1.807) is 27.1 Å². The minimum absolute atomic E-state index is 0.0237. The number of hydrogen-bond acceptors (Lipinski definition) is 11. The van der Waals surface area contributed by atoms with Gasteiger partial charge in [-0.05, 0) is 68.1 Å². The normalized spacial score (nSPS) is 27.9. The zero-order valence-electron chi connectivity index (χ0n) is 24.7. The van der Waals surface area contributed by atoms with Crippen molar-refractivity contribution in [3.63, 3.8) is 0 Å². The molecule has 2 fully saturated rings. The number of ether oxygens (including phenoxy) is 1. The van der Waals surface area contributed by atoms with Crippen LogP contribution in [-0.4, -0.2) is 89.0 Å². The van der Waals surface area contributed by atoms with Crippen LogP contribution >= 0.6 is 0 Å². The number of hydrogen-bond donors (Lipinski definition) is 4. The van der Waals surface area contributed by atoms with E-state index in [1.165, 1.54) is 11.0 Å². The molecule has 3 aliphatic rings. The Kier molecular flexibility index (Phi) is 8.27. The van der Waals surface area contributed by atoms with Crippen LogP contribution in [0.25, 0.3) is 11.1 Å². The lowest BCUT2D eigenvalue weighted by atomic mass is 9.52. The van der Waals surface area contributed by atoms with E-state index in [0.717, 1.165) is 11.1 Å². The number of aliphatic hydroxyl groups is 1. The fourth-order valence-electron chi connectivity index (χ4n) is 7.20. The lowest BCUT2D eigenvalue weighted by Crippen LogP contribution is -2.74. The number of phenols is 1. The maximum atomic E-state index is 14.0. The van der Waals surface area contributed by atoms with Gasteiger partial charge in [0, 0.05) is 12.5 Å². The molecule has 0 aliphatic heterocycles. The largest absolute Gasteiger partial charge is 0.507 e. The fourth-order valence-corrected chi connectivity index (χ4v) is 7.20. The second-order valence-electron chi connectivity index (χ2n) is 11.9. The first-order valence-corrected chi connectivity index (χ1v) is 14.5. The van der Waals surface area contributed by atoms with E-state index in [0.29, 0.717) is 24.3 Å². The van der Waals surface area contributed by atoms with E-state index in [-0.39, 0.29) is 36.7 Å². The molecule has 0 spiro atoms. The van der Waals surface area contributed by atoms with Gasteiger partial charge in [-0.25, -0.2) is 0 Å². The number of benzene rings is 2. The number of fused-ring (bicyclic) bond motifs is 3. The summed E-state index contributed by atoms with van der Waals surface area (Å²) in [5.41, 5.74) is 5.37. The second-order valence-corrected chi connectivity index (χ2v) is 11.9. The molecule has 0 saturated heterocycles. The first-order chi connectivity index (χ1) is 20.8. The van der Waals surface area contributed by atoms with Crippen LogP contribution in [0.15, 0.2) is 36.4 Å². The van der Waals surface area contributed by atoms with Gasteiger partial charge in [-0.3, -0.25) is 33.7 Å². The second kappa shape index (κ2) is 11.7. The molecule has 6 atom stereocenters. The molecule has 0 radical (unpaired) electrons. The van der Waals surface area contributed by atoms with Gasteiger partial charge in [-0.2, -0.15) is 0 Å². The van der Waals surface area contributed by atoms with Crippen molar-refractivity contribution in [2.75, 3.05) is 27.2 Å². The van der Waals surface area contributed by atoms with Gasteiger partial charge in [0.15, 0.2) is 34.7 Å². The quantitative estimate of drug-likeness (QED) is 0.237. The van der Waals surface area contributed by atoms with Crippen LogP contribution in [-0.2, 0) is 41.7 Å². The smallest absolute Gasteiger partial charge is 0.319 e. The maximum absolute atomic E-state index is 14.0. The van der Waals surface area contributed by atoms with Crippen LogP contribution in [0.1, 0.15) is 34.8 Å². The highest BCUT2D eigenvalue weighted by molar-refractivity contribution is 6.32. The molecule has 0 bridgehead atoms. The molecule has 0 heterocycles.